The summed E-state index contributed by atoms with van der Waals surface area (Å²) in [5.74, 6) is 0.560. The fourth-order valence-electron chi connectivity index (χ4n) is 1.78. The smallest absolute Gasteiger partial charge is 0.416 e. The molecule has 1 N–H and O–H groups in total. The summed E-state index contributed by atoms with van der Waals surface area (Å²) in [6.07, 6.45) is -4.40. The van der Waals surface area contributed by atoms with Gasteiger partial charge in [0, 0.05) is 11.8 Å². The topological polar surface area (TPSA) is 47.6 Å². The van der Waals surface area contributed by atoms with Crippen LogP contribution in [0.5, 0.6) is 11.5 Å². The average Bonchev–Trinajstić information content (AvgIpc) is 2.53. The van der Waals surface area contributed by atoms with E-state index in [1.807, 2.05) is 0 Å². The Bertz CT molecular complexity index is 669. The lowest BCUT2D eigenvalue weighted by atomic mass is 10.2. The van der Waals surface area contributed by atoms with E-state index < -0.39 is 17.6 Å². The molecule has 4 nitrogen and oxygen atoms in total. The van der Waals surface area contributed by atoms with Crippen LogP contribution >= 0.6 is 0 Å². The number of benzene rings is 2. The van der Waals surface area contributed by atoms with Crippen molar-refractivity contribution in [2.45, 2.75) is 6.18 Å². The molecule has 2 rings (SSSR count). The highest BCUT2D eigenvalue weighted by molar-refractivity contribution is 5.91. The number of alkyl halides is 3. The first-order valence-electron chi connectivity index (χ1n) is 6.62. The summed E-state index contributed by atoms with van der Waals surface area (Å²) in [5.41, 5.74) is -0.514. The van der Waals surface area contributed by atoms with Gasteiger partial charge in [0.15, 0.2) is 6.61 Å². The summed E-state index contributed by atoms with van der Waals surface area (Å²) in [5, 5.41) is 2.46. The van der Waals surface area contributed by atoms with E-state index in [1.165, 1.54) is 19.2 Å². The van der Waals surface area contributed by atoms with Gasteiger partial charge in [0.2, 0.25) is 0 Å². The van der Waals surface area contributed by atoms with Crippen LogP contribution in [0.2, 0.25) is 0 Å². The maximum Gasteiger partial charge on any atom is 0.416 e. The van der Waals surface area contributed by atoms with E-state index in [4.69, 9.17) is 9.47 Å². The molecule has 2 aromatic carbocycles. The van der Waals surface area contributed by atoms with Gasteiger partial charge < -0.3 is 14.8 Å². The fraction of sp³-hybridized carbons (Fsp3) is 0.188. The molecule has 122 valence electrons. The third-order valence-electron chi connectivity index (χ3n) is 2.91. The maximum absolute atomic E-state index is 12.4. The molecule has 0 aromatic heterocycles. The minimum absolute atomic E-state index is 0.261. The van der Waals surface area contributed by atoms with Crippen LogP contribution in [0.3, 0.4) is 0 Å². The van der Waals surface area contributed by atoms with E-state index in [0.29, 0.717) is 11.5 Å². The van der Waals surface area contributed by atoms with Crippen LogP contribution in [0.25, 0.3) is 0 Å². The van der Waals surface area contributed by atoms with E-state index >= 15 is 0 Å². The highest BCUT2D eigenvalue weighted by Gasteiger charge is 2.29. The highest BCUT2D eigenvalue weighted by Crippen LogP contribution is 2.29. The molecule has 0 saturated heterocycles. The molecular formula is C16H14F3NO3. The number of hydrogen-bond acceptors (Lipinski definition) is 3. The second-order valence-electron chi connectivity index (χ2n) is 4.59. The van der Waals surface area contributed by atoms with Crippen molar-refractivity contribution >= 4 is 11.6 Å². The predicted octanol–water partition coefficient (Wildman–Crippen LogP) is 3.73. The van der Waals surface area contributed by atoms with Crippen molar-refractivity contribution in [2.75, 3.05) is 19.0 Å². The molecule has 2 aromatic rings. The Morgan fingerprint density at radius 2 is 1.74 bits per heavy atom. The Balaban J connectivity index is 1.89. The number of rotatable bonds is 5. The van der Waals surface area contributed by atoms with Crippen LogP contribution in [0, 0.1) is 0 Å². The van der Waals surface area contributed by atoms with Crippen molar-refractivity contribution in [1.29, 1.82) is 0 Å². The number of hydrogen-bond donors (Lipinski definition) is 1. The second kappa shape index (κ2) is 7.04. The van der Waals surface area contributed by atoms with Gasteiger partial charge >= 0.3 is 6.18 Å². The predicted molar refractivity (Wildman–Crippen MR) is 78.6 cm³/mol. The molecule has 0 spiro atoms. The lowest BCUT2D eigenvalue weighted by Crippen LogP contribution is -2.20. The minimum atomic E-state index is -4.40. The zero-order valence-corrected chi connectivity index (χ0v) is 12.2. The number of anilines is 1. The van der Waals surface area contributed by atoms with Crippen LogP contribution in [0.1, 0.15) is 5.56 Å². The van der Waals surface area contributed by atoms with E-state index in [2.05, 4.69) is 5.32 Å². The molecule has 0 aliphatic heterocycles. The molecular weight excluding hydrogens is 311 g/mol. The van der Waals surface area contributed by atoms with Gasteiger partial charge in [-0.15, -0.1) is 0 Å². The fourth-order valence-corrected chi connectivity index (χ4v) is 1.78. The Labute approximate surface area is 130 Å². The highest BCUT2D eigenvalue weighted by atomic mass is 19.4. The van der Waals surface area contributed by atoms with Crippen LogP contribution in [-0.2, 0) is 11.0 Å². The number of amides is 1. The lowest BCUT2D eigenvalue weighted by Gasteiger charge is -2.10. The quantitative estimate of drug-likeness (QED) is 0.911. The average molecular weight is 325 g/mol. The van der Waals surface area contributed by atoms with Gasteiger partial charge in [-0.05, 0) is 36.4 Å². The van der Waals surface area contributed by atoms with Crippen LogP contribution in [0.4, 0.5) is 18.9 Å². The van der Waals surface area contributed by atoms with Gasteiger partial charge in [-0.25, -0.2) is 0 Å². The Morgan fingerprint density at radius 3 is 2.35 bits per heavy atom. The first kappa shape index (κ1) is 16.7. The van der Waals surface area contributed by atoms with Crippen molar-refractivity contribution in [1.82, 2.24) is 0 Å². The van der Waals surface area contributed by atoms with E-state index in [0.717, 1.165) is 12.1 Å². The molecule has 0 radical (unpaired) electrons. The third-order valence-corrected chi connectivity index (χ3v) is 2.91. The monoisotopic (exact) mass is 325 g/mol. The number of halogens is 3. The first-order valence-corrected chi connectivity index (χ1v) is 6.62. The van der Waals surface area contributed by atoms with Crippen molar-refractivity contribution in [2.24, 2.45) is 0 Å². The first-order chi connectivity index (χ1) is 10.9. The Kier molecular flexibility index (Phi) is 5.10. The third kappa shape index (κ3) is 4.91. The maximum atomic E-state index is 12.4. The van der Waals surface area contributed by atoms with Gasteiger partial charge in [0.05, 0.1) is 12.7 Å². The number of ether oxygens (including phenoxy) is 2. The normalized spacial score (nSPS) is 11.0. The standard InChI is InChI=1S/C16H14F3NO3/c1-22-13-3-2-4-14(9-13)23-10-15(21)20-12-7-5-11(6-8-12)16(17,18)19/h2-9H,10H2,1H3,(H,20,21). The van der Waals surface area contributed by atoms with Gasteiger partial charge in [-0.2, -0.15) is 13.2 Å². The van der Waals surface area contributed by atoms with E-state index in [1.54, 1.807) is 24.3 Å². The summed E-state index contributed by atoms with van der Waals surface area (Å²) in [4.78, 5) is 11.7. The minimum Gasteiger partial charge on any atom is -0.497 e. The van der Waals surface area contributed by atoms with E-state index in [9.17, 15) is 18.0 Å². The molecule has 1 amide bonds. The van der Waals surface area contributed by atoms with Crippen molar-refractivity contribution in [3.8, 4) is 11.5 Å². The molecule has 0 saturated carbocycles. The Hall–Kier alpha value is -2.70. The van der Waals surface area contributed by atoms with Crippen molar-refractivity contribution in [3.05, 3.63) is 54.1 Å². The van der Waals surface area contributed by atoms with Gasteiger partial charge in [-0.1, -0.05) is 6.07 Å². The number of methoxy groups -OCH3 is 1. The SMILES string of the molecule is COc1cccc(OCC(=O)Nc2ccc(C(F)(F)F)cc2)c1. The summed E-state index contributed by atoms with van der Waals surface area (Å²) in [7, 11) is 1.51. The summed E-state index contributed by atoms with van der Waals surface area (Å²) >= 11 is 0. The van der Waals surface area contributed by atoms with E-state index in [-0.39, 0.29) is 12.3 Å². The zero-order valence-electron chi connectivity index (χ0n) is 12.2. The van der Waals surface area contributed by atoms with Crippen LogP contribution < -0.4 is 14.8 Å². The number of carbonyl (C=O) groups is 1. The lowest BCUT2D eigenvalue weighted by molar-refractivity contribution is -0.137. The molecule has 23 heavy (non-hydrogen) atoms. The molecule has 7 heteroatoms. The molecule has 0 fully saturated rings. The molecule has 0 heterocycles. The summed E-state index contributed by atoms with van der Waals surface area (Å²) in [6.45, 7) is -0.270. The summed E-state index contributed by atoms with van der Waals surface area (Å²) in [6, 6.07) is 10.9. The van der Waals surface area contributed by atoms with Crippen molar-refractivity contribution in [3.63, 3.8) is 0 Å². The van der Waals surface area contributed by atoms with Gasteiger partial charge in [0.25, 0.3) is 5.91 Å². The zero-order chi connectivity index (χ0) is 16.9. The van der Waals surface area contributed by atoms with Crippen LogP contribution in [0.15, 0.2) is 48.5 Å². The number of nitrogens with one attached hydrogen (secondary N) is 1. The molecule has 0 aliphatic rings. The molecule has 0 atom stereocenters. The van der Waals surface area contributed by atoms with Crippen LogP contribution in [-0.4, -0.2) is 19.6 Å². The summed E-state index contributed by atoms with van der Waals surface area (Å²) < 4.78 is 47.6. The van der Waals surface area contributed by atoms with Gasteiger partial charge in [0.1, 0.15) is 11.5 Å². The molecule has 0 bridgehead atoms. The second-order valence-corrected chi connectivity index (χ2v) is 4.59. The largest absolute Gasteiger partial charge is 0.497 e. The Morgan fingerprint density at radius 1 is 1.09 bits per heavy atom. The van der Waals surface area contributed by atoms with Gasteiger partial charge in [-0.3, -0.25) is 4.79 Å². The van der Waals surface area contributed by atoms with Crippen molar-refractivity contribution < 1.29 is 27.4 Å². The molecule has 0 aliphatic carbocycles. The number of carbonyl (C=O) groups excluding carboxylic acids is 1. The molecule has 0 unspecified atom stereocenters.